The number of nitrogens with zero attached hydrogens (tertiary/aromatic N) is 7. The molecule has 39 heavy (non-hydrogen) atoms. The second-order valence-corrected chi connectivity index (χ2v) is 11.4. The maximum Gasteiger partial charge on any atom is 0.296 e. The fourth-order valence-corrected chi connectivity index (χ4v) is 5.65. The number of piperazine rings is 1. The van der Waals surface area contributed by atoms with Crippen molar-refractivity contribution in [2.45, 2.75) is 6.43 Å². The first kappa shape index (κ1) is 27.3. The number of para-hydroxylation sites is 2. The maximum absolute atomic E-state index is 14.2. The lowest BCUT2D eigenvalue weighted by Gasteiger charge is -2.33. The van der Waals surface area contributed by atoms with Crippen molar-refractivity contribution in [1.29, 1.82) is 5.41 Å². The van der Waals surface area contributed by atoms with Crippen LogP contribution in [-0.2, 0) is 14.8 Å². The van der Waals surface area contributed by atoms with E-state index in [1.807, 2.05) is 4.90 Å². The van der Waals surface area contributed by atoms with Crippen LogP contribution in [0.4, 0.5) is 20.5 Å². The standard InChI is InChI=1S/C24H31F2N9O3S/c1-39(36,37)34-10-8-32(9-11-34)7-6-28-21-17(16-27)22(31-24(30-21)33-12-14-38-15-13-33)35-19-5-3-2-4-18(19)29-23(35)20(25)26/h2-5,16,20,27H,6-15H2,1H3,(H,28,30,31). The molecule has 1 aromatic carbocycles. The van der Waals surface area contributed by atoms with Crippen LogP contribution in [0.2, 0.25) is 0 Å². The normalized spacial score (nSPS) is 17.7. The highest BCUT2D eigenvalue weighted by Gasteiger charge is 2.27. The molecule has 2 aromatic heterocycles. The number of rotatable bonds is 9. The molecule has 0 saturated carbocycles. The molecule has 2 saturated heterocycles. The van der Waals surface area contributed by atoms with Gasteiger partial charge in [0.25, 0.3) is 6.43 Å². The average molecular weight is 564 g/mol. The number of ether oxygens (including phenoxy) is 1. The summed E-state index contributed by atoms with van der Waals surface area (Å²) in [5.74, 6) is 0.390. The SMILES string of the molecule is CS(=O)(=O)N1CCN(CCNc2nc(N3CCOCC3)nc(-n3c(C(F)F)nc4ccccc43)c2C=N)CC1. The van der Waals surface area contributed by atoms with Gasteiger partial charge < -0.3 is 20.4 Å². The van der Waals surface area contributed by atoms with E-state index < -0.39 is 22.3 Å². The number of sulfonamides is 1. The van der Waals surface area contributed by atoms with Crippen molar-refractivity contribution in [3.63, 3.8) is 0 Å². The molecule has 0 radical (unpaired) electrons. The Hall–Kier alpha value is -3.27. The van der Waals surface area contributed by atoms with E-state index >= 15 is 0 Å². The van der Waals surface area contributed by atoms with Gasteiger partial charge in [0.1, 0.15) is 5.82 Å². The molecule has 2 fully saturated rings. The Morgan fingerprint density at radius 3 is 2.46 bits per heavy atom. The minimum Gasteiger partial charge on any atom is -0.378 e. The lowest BCUT2D eigenvalue weighted by Crippen LogP contribution is -2.49. The molecule has 2 N–H and O–H groups in total. The summed E-state index contributed by atoms with van der Waals surface area (Å²) in [4.78, 5) is 17.6. The molecule has 12 nitrogen and oxygen atoms in total. The first-order valence-electron chi connectivity index (χ1n) is 12.7. The van der Waals surface area contributed by atoms with Crippen LogP contribution in [0, 0.1) is 5.41 Å². The van der Waals surface area contributed by atoms with Crippen molar-refractivity contribution < 1.29 is 21.9 Å². The zero-order valence-electron chi connectivity index (χ0n) is 21.6. The topological polar surface area (TPSA) is 133 Å². The van der Waals surface area contributed by atoms with E-state index in [0.717, 1.165) is 6.21 Å². The monoisotopic (exact) mass is 563 g/mol. The van der Waals surface area contributed by atoms with Crippen molar-refractivity contribution in [3.05, 3.63) is 35.7 Å². The molecule has 15 heteroatoms. The fraction of sp³-hybridized carbons (Fsp3) is 0.500. The molecule has 3 aromatic rings. The van der Waals surface area contributed by atoms with Crippen LogP contribution in [0.25, 0.3) is 16.9 Å². The summed E-state index contributed by atoms with van der Waals surface area (Å²) >= 11 is 0. The Balaban J connectivity index is 1.48. The second-order valence-electron chi connectivity index (χ2n) is 9.38. The van der Waals surface area contributed by atoms with Crippen LogP contribution in [0.3, 0.4) is 0 Å². The number of alkyl halides is 2. The first-order chi connectivity index (χ1) is 18.8. The number of anilines is 2. The third-order valence-corrected chi connectivity index (χ3v) is 8.17. The predicted molar refractivity (Wildman–Crippen MR) is 144 cm³/mol. The van der Waals surface area contributed by atoms with Crippen LogP contribution in [-0.4, -0.2) is 115 Å². The van der Waals surface area contributed by atoms with Gasteiger partial charge in [0.05, 0.1) is 36.1 Å². The number of imidazole rings is 1. The molecule has 0 amide bonds. The van der Waals surface area contributed by atoms with Gasteiger partial charge in [-0.15, -0.1) is 0 Å². The number of benzene rings is 1. The summed E-state index contributed by atoms with van der Waals surface area (Å²) in [6.45, 7) is 5.16. The Morgan fingerprint density at radius 2 is 1.79 bits per heavy atom. The number of aromatic nitrogens is 4. The summed E-state index contributed by atoms with van der Waals surface area (Å²) in [6, 6.07) is 6.83. The quantitative estimate of drug-likeness (QED) is 0.372. The van der Waals surface area contributed by atoms with Crippen LogP contribution in [0.1, 0.15) is 17.8 Å². The highest BCUT2D eigenvalue weighted by Crippen LogP contribution is 2.31. The molecule has 0 aliphatic carbocycles. The first-order valence-corrected chi connectivity index (χ1v) is 14.5. The Morgan fingerprint density at radius 1 is 1.08 bits per heavy atom. The van der Waals surface area contributed by atoms with E-state index in [1.165, 1.54) is 15.1 Å². The van der Waals surface area contributed by atoms with Crippen molar-refractivity contribution in [1.82, 2.24) is 28.7 Å². The second kappa shape index (κ2) is 11.5. The summed E-state index contributed by atoms with van der Waals surface area (Å²) < 4.78 is 60.2. The number of nitrogens with one attached hydrogen (secondary N) is 2. The van der Waals surface area contributed by atoms with Gasteiger partial charge in [0.2, 0.25) is 16.0 Å². The van der Waals surface area contributed by atoms with E-state index in [4.69, 9.17) is 10.1 Å². The fourth-order valence-electron chi connectivity index (χ4n) is 4.82. The van der Waals surface area contributed by atoms with E-state index in [1.54, 1.807) is 24.3 Å². The smallest absolute Gasteiger partial charge is 0.296 e. The Bertz CT molecular complexity index is 1440. The molecule has 0 bridgehead atoms. The van der Waals surface area contributed by atoms with Gasteiger partial charge in [-0.25, -0.2) is 22.2 Å². The molecule has 0 unspecified atom stereocenters. The van der Waals surface area contributed by atoms with Crippen LogP contribution in [0.5, 0.6) is 0 Å². The summed E-state index contributed by atoms with van der Waals surface area (Å²) in [5.41, 5.74) is 1.12. The number of morpholine rings is 1. The van der Waals surface area contributed by atoms with Crippen LogP contribution in [0.15, 0.2) is 24.3 Å². The largest absolute Gasteiger partial charge is 0.378 e. The molecular formula is C24H31F2N9O3S. The molecular weight excluding hydrogens is 532 g/mol. The Labute approximate surface area is 225 Å². The predicted octanol–water partition coefficient (Wildman–Crippen LogP) is 1.58. The molecule has 2 aliphatic heterocycles. The van der Waals surface area contributed by atoms with E-state index in [-0.39, 0.29) is 11.4 Å². The third-order valence-electron chi connectivity index (χ3n) is 6.87. The maximum atomic E-state index is 14.2. The lowest BCUT2D eigenvalue weighted by molar-refractivity contribution is 0.122. The number of hydrogen-bond acceptors (Lipinski definition) is 10. The van der Waals surface area contributed by atoms with E-state index in [0.29, 0.717) is 88.4 Å². The van der Waals surface area contributed by atoms with E-state index in [9.17, 15) is 17.2 Å². The minimum absolute atomic E-state index is 0.148. The van der Waals surface area contributed by atoms with Gasteiger partial charge in [0, 0.05) is 58.6 Å². The van der Waals surface area contributed by atoms with Gasteiger partial charge in [-0.3, -0.25) is 9.47 Å². The minimum atomic E-state index is -3.21. The highest BCUT2D eigenvalue weighted by molar-refractivity contribution is 7.88. The van der Waals surface area contributed by atoms with Gasteiger partial charge in [0.15, 0.2) is 11.6 Å². The lowest BCUT2D eigenvalue weighted by atomic mass is 10.2. The summed E-state index contributed by atoms with van der Waals surface area (Å²) in [7, 11) is -3.21. The molecule has 0 atom stereocenters. The average Bonchev–Trinajstić information content (AvgIpc) is 3.33. The van der Waals surface area contributed by atoms with Gasteiger partial charge in [-0.1, -0.05) is 12.1 Å². The molecule has 210 valence electrons. The van der Waals surface area contributed by atoms with Crippen molar-refractivity contribution in [2.75, 3.05) is 82.0 Å². The van der Waals surface area contributed by atoms with Crippen molar-refractivity contribution in [2.24, 2.45) is 0 Å². The molecule has 5 rings (SSSR count). The van der Waals surface area contributed by atoms with Gasteiger partial charge >= 0.3 is 0 Å². The molecule has 2 aliphatic rings. The zero-order valence-corrected chi connectivity index (χ0v) is 22.4. The van der Waals surface area contributed by atoms with Crippen molar-refractivity contribution in [3.8, 4) is 5.82 Å². The van der Waals surface area contributed by atoms with Crippen LogP contribution < -0.4 is 10.2 Å². The number of hydrogen-bond donors (Lipinski definition) is 2. The molecule has 4 heterocycles. The number of fused-ring (bicyclic) bond motifs is 1. The summed E-state index contributed by atoms with van der Waals surface area (Å²) in [6.07, 6.45) is -0.583. The third kappa shape index (κ3) is 5.85. The number of halogens is 2. The van der Waals surface area contributed by atoms with Crippen molar-refractivity contribution >= 4 is 39.0 Å². The van der Waals surface area contributed by atoms with Gasteiger partial charge in [-0.2, -0.15) is 14.3 Å². The molecule has 0 spiro atoms. The zero-order chi connectivity index (χ0) is 27.6. The Kier molecular flexibility index (Phi) is 8.02. The summed E-state index contributed by atoms with van der Waals surface area (Å²) in [5, 5.41) is 11.4. The van der Waals surface area contributed by atoms with E-state index in [2.05, 4.69) is 25.2 Å². The highest BCUT2D eigenvalue weighted by atomic mass is 32.2. The van der Waals surface area contributed by atoms with Crippen LogP contribution >= 0.6 is 0 Å². The van der Waals surface area contributed by atoms with Gasteiger partial charge in [-0.05, 0) is 12.1 Å².